The van der Waals surface area contributed by atoms with Gasteiger partial charge < -0.3 is 4.90 Å². The Balaban J connectivity index is 2.55. The van der Waals surface area contributed by atoms with E-state index in [4.69, 9.17) is 0 Å². The number of nitrogens with zero attached hydrogens (tertiary/aromatic N) is 1. The van der Waals surface area contributed by atoms with Crippen LogP contribution in [0.3, 0.4) is 0 Å². The molecule has 0 spiro atoms. The van der Waals surface area contributed by atoms with Crippen molar-refractivity contribution in [2.75, 3.05) is 6.54 Å². The van der Waals surface area contributed by atoms with Crippen LogP contribution in [0.5, 0.6) is 0 Å². The Morgan fingerprint density at radius 1 is 1.18 bits per heavy atom. The second kappa shape index (κ2) is 5.91. The van der Waals surface area contributed by atoms with Crippen LogP contribution in [0.2, 0.25) is 19.6 Å². The summed E-state index contributed by atoms with van der Waals surface area (Å²) in [7, 11) is -1.91. The normalized spacial score (nSPS) is 18.8. The van der Waals surface area contributed by atoms with E-state index in [1.807, 2.05) is 24.3 Å². The van der Waals surface area contributed by atoms with E-state index < -0.39 is 20.2 Å². The molecular formula is C16H20F3NOSi. The number of carbonyl (C=O) groups excluding carboxylic acids is 1. The molecule has 120 valence electrons. The van der Waals surface area contributed by atoms with E-state index in [2.05, 4.69) is 19.6 Å². The van der Waals surface area contributed by atoms with Crippen LogP contribution in [0.15, 0.2) is 30.5 Å². The third kappa shape index (κ3) is 3.60. The number of fused-ring (bicyclic) bond motifs is 1. The second-order valence-corrected chi connectivity index (χ2v) is 11.6. The first-order valence-corrected chi connectivity index (χ1v) is 10.8. The summed E-state index contributed by atoms with van der Waals surface area (Å²) >= 11 is 0. The van der Waals surface area contributed by atoms with Crippen molar-refractivity contribution in [2.24, 2.45) is 0 Å². The quantitative estimate of drug-likeness (QED) is 0.707. The summed E-state index contributed by atoms with van der Waals surface area (Å²) in [4.78, 5) is 12.5. The first-order chi connectivity index (χ1) is 10.1. The summed E-state index contributed by atoms with van der Waals surface area (Å²) in [6, 6.07) is 7.80. The highest BCUT2D eigenvalue weighted by molar-refractivity contribution is 6.93. The number of hydrogen-bond donors (Lipinski definition) is 0. The van der Waals surface area contributed by atoms with Gasteiger partial charge in [0.15, 0.2) is 0 Å². The highest BCUT2D eigenvalue weighted by Gasteiger charge is 2.42. The van der Waals surface area contributed by atoms with Gasteiger partial charge in [-0.2, -0.15) is 13.2 Å². The molecule has 22 heavy (non-hydrogen) atoms. The molecule has 1 aromatic carbocycles. The number of alkyl halides is 3. The lowest BCUT2D eigenvalue weighted by atomic mass is 10.0. The highest BCUT2D eigenvalue weighted by Crippen LogP contribution is 2.32. The van der Waals surface area contributed by atoms with Crippen LogP contribution in [0.1, 0.15) is 17.5 Å². The molecule has 1 amide bonds. The SMILES string of the molecule is C[Si](C)(C)/C1=C/N(C(=O)C(F)(F)F)CCCc2ccccc21. The van der Waals surface area contributed by atoms with E-state index in [9.17, 15) is 18.0 Å². The van der Waals surface area contributed by atoms with Crippen molar-refractivity contribution in [3.05, 3.63) is 41.6 Å². The minimum atomic E-state index is -4.83. The van der Waals surface area contributed by atoms with E-state index in [0.29, 0.717) is 12.8 Å². The molecule has 0 saturated heterocycles. The third-order valence-corrected chi connectivity index (χ3v) is 5.76. The van der Waals surface area contributed by atoms with Crippen LogP contribution < -0.4 is 0 Å². The minimum absolute atomic E-state index is 0.0979. The smallest absolute Gasteiger partial charge is 0.311 e. The number of hydrogen-bond acceptors (Lipinski definition) is 1. The minimum Gasteiger partial charge on any atom is -0.311 e. The van der Waals surface area contributed by atoms with Gasteiger partial charge in [-0.25, -0.2) is 0 Å². The number of rotatable bonds is 1. The topological polar surface area (TPSA) is 20.3 Å². The summed E-state index contributed by atoms with van der Waals surface area (Å²) in [5.74, 6) is -1.78. The molecule has 0 N–H and O–H groups in total. The van der Waals surface area contributed by atoms with Crippen LogP contribution in [-0.2, 0) is 11.2 Å². The molecule has 0 unspecified atom stereocenters. The van der Waals surface area contributed by atoms with Crippen molar-refractivity contribution >= 4 is 19.2 Å². The predicted octanol–water partition coefficient (Wildman–Crippen LogP) is 4.24. The molecule has 0 fully saturated rings. The summed E-state index contributed by atoms with van der Waals surface area (Å²) in [5.41, 5.74) is 2.14. The van der Waals surface area contributed by atoms with E-state index in [-0.39, 0.29) is 6.54 Å². The molecule has 1 aliphatic rings. The molecule has 0 radical (unpaired) electrons. The Morgan fingerprint density at radius 2 is 1.82 bits per heavy atom. The molecule has 0 bridgehead atoms. The number of benzene rings is 1. The lowest BCUT2D eigenvalue weighted by Crippen LogP contribution is -2.40. The van der Waals surface area contributed by atoms with Gasteiger partial charge >= 0.3 is 12.1 Å². The van der Waals surface area contributed by atoms with Crippen molar-refractivity contribution in [1.29, 1.82) is 0 Å². The fourth-order valence-electron chi connectivity index (χ4n) is 2.65. The first-order valence-electron chi connectivity index (χ1n) is 7.29. The van der Waals surface area contributed by atoms with Crippen LogP contribution in [0.25, 0.3) is 5.20 Å². The van der Waals surface area contributed by atoms with Crippen molar-refractivity contribution in [1.82, 2.24) is 4.90 Å². The fourth-order valence-corrected chi connectivity index (χ4v) is 4.25. The number of carbonyl (C=O) groups is 1. The molecule has 1 aromatic rings. The maximum Gasteiger partial charge on any atom is 0.471 e. The average molecular weight is 327 g/mol. The summed E-state index contributed by atoms with van der Waals surface area (Å²) in [6.45, 7) is 6.33. The molecule has 0 aromatic heterocycles. The molecule has 0 aliphatic carbocycles. The predicted molar refractivity (Wildman–Crippen MR) is 83.9 cm³/mol. The Bertz CT molecular complexity index is 602. The Hall–Kier alpha value is -1.56. The van der Waals surface area contributed by atoms with Crippen molar-refractivity contribution in [2.45, 2.75) is 38.7 Å². The van der Waals surface area contributed by atoms with Crippen molar-refractivity contribution in [3.63, 3.8) is 0 Å². The van der Waals surface area contributed by atoms with Gasteiger partial charge in [-0.1, -0.05) is 43.9 Å². The zero-order valence-electron chi connectivity index (χ0n) is 13.0. The van der Waals surface area contributed by atoms with E-state index in [0.717, 1.165) is 21.2 Å². The second-order valence-electron chi connectivity index (χ2n) is 6.55. The van der Waals surface area contributed by atoms with Gasteiger partial charge in [-0.15, -0.1) is 0 Å². The first kappa shape index (κ1) is 16.8. The van der Waals surface area contributed by atoms with Gasteiger partial charge in [0.2, 0.25) is 0 Å². The average Bonchev–Trinajstić information content (AvgIpc) is 2.36. The van der Waals surface area contributed by atoms with E-state index in [1.54, 1.807) is 0 Å². The van der Waals surface area contributed by atoms with Gasteiger partial charge in [0.1, 0.15) is 0 Å². The molecule has 0 atom stereocenters. The summed E-state index contributed by atoms with van der Waals surface area (Å²) < 4.78 is 38.3. The van der Waals surface area contributed by atoms with Gasteiger partial charge in [0.05, 0.1) is 8.07 Å². The van der Waals surface area contributed by atoms with Gasteiger partial charge in [0, 0.05) is 12.7 Å². The fraction of sp³-hybridized carbons (Fsp3) is 0.438. The molecule has 2 rings (SSSR count). The molecular weight excluding hydrogens is 307 g/mol. The number of halogens is 3. The van der Waals surface area contributed by atoms with Crippen molar-refractivity contribution in [3.8, 4) is 0 Å². The zero-order chi connectivity index (χ0) is 16.5. The van der Waals surface area contributed by atoms with Crippen LogP contribution in [0.4, 0.5) is 13.2 Å². The van der Waals surface area contributed by atoms with Gasteiger partial charge in [0.25, 0.3) is 0 Å². The molecule has 1 heterocycles. The van der Waals surface area contributed by atoms with Crippen LogP contribution in [-0.4, -0.2) is 31.6 Å². The maximum atomic E-state index is 12.8. The van der Waals surface area contributed by atoms with Gasteiger partial charge in [-0.3, -0.25) is 4.79 Å². The molecule has 6 heteroatoms. The van der Waals surface area contributed by atoms with Crippen LogP contribution in [0, 0.1) is 0 Å². The van der Waals surface area contributed by atoms with E-state index >= 15 is 0 Å². The number of amides is 1. The zero-order valence-corrected chi connectivity index (χ0v) is 14.0. The Kier molecular flexibility index (Phi) is 4.51. The summed E-state index contributed by atoms with van der Waals surface area (Å²) in [6.07, 6.45) is -2.19. The van der Waals surface area contributed by atoms with Gasteiger partial charge in [-0.05, 0) is 29.2 Å². The molecule has 1 aliphatic heterocycles. The van der Waals surface area contributed by atoms with Crippen LogP contribution >= 0.6 is 0 Å². The molecule has 2 nitrogen and oxygen atoms in total. The monoisotopic (exact) mass is 327 g/mol. The number of aryl methyl sites for hydroxylation is 1. The van der Waals surface area contributed by atoms with E-state index in [1.165, 1.54) is 6.20 Å². The summed E-state index contributed by atoms with van der Waals surface area (Å²) in [5, 5.41) is 0.889. The lowest BCUT2D eigenvalue weighted by Gasteiger charge is -2.30. The standard InChI is InChI=1S/C16H20F3NOSi/c1-22(2,3)14-11-20(15(21)16(17,18)19)10-6-8-12-7-4-5-9-13(12)14/h4-5,7,9,11H,6,8,10H2,1-3H3/b14-11+. The maximum absolute atomic E-state index is 12.8. The third-order valence-electron chi connectivity index (χ3n) is 3.75. The Labute approximate surface area is 129 Å². The highest BCUT2D eigenvalue weighted by atomic mass is 28.3. The largest absolute Gasteiger partial charge is 0.471 e. The van der Waals surface area contributed by atoms with Crippen molar-refractivity contribution < 1.29 is 18.0 Å². The lowest BCUT2D eigenvalue weighted by molar-refractivity contribution is -0.182. The Morgan fingerprint density at radius 3 is 2.41 bits per heavy atom. The molecule has 0 saturated carbocycles.